The van der Waals surface area contributed by atoms with Crippen molar-refractivity contribution in [2.75, 3.05) is 0 Å². The van der Waals surface area contributed by atoms with Crippen LogP contribution in [0, 0.1) is 5.41 Å². The number of amidine groups is 1. The standard InChI is InChI=1S/C27H30N4O3S/c28-27(29)22-10-6-7-20(15-22)18-31(23-11-4-5-12-23)26(32)17-19-13-14-24(21-8-2-1-3-9-21)25(16-19)35(30,33)34/h1-3,6-10,13-16,23H,4-5,11-12,17-18H2,(H3,28,29)(H2,30,33,34). The van der Waals surface area contributed by atoms with Crippen LogP contribution in [0.5, 0.6) is 0 Å². The van der Waals surface area contributed by atoms with Gasteiger partial charge in [0, 0.05) is 23.7 Å². The van der Waals surface area contributed by atoms with Gasteiger partial charge in [-0.15, -0.1) is 0 Å². The van der Waals surface area contributed by atoms with Gasteiger partial charge in [-0.05, 0) is 41.7 Å². The average molecular weight is 491 g/mol. The fraction of sp³-hybridized carbons (Fsp3) is 0.259. The summed E-state index contributed by atoms with van der Waals surface area (Å²) in [5.74, 6) is -0.0856. The van der Waals surface area contributed by atoms with Crippen LogP contribution in [0.2, 0.25) is 0 Å². The van der Waals surface area contributed by atoms with Gasteiger partial charge in [0.2, 0.25) is 15.9 Å². The van der Waals surface area contributed by atoms with Crippen molar-refractivity contribution in [2.45, 2.75) is 49.6 Å². The molecule has 3 aromatic carbocycles. The molecular weight excluding hydrogens is 460 g/mol. The number of nitrogens with two attached hydrogens (primary N) is 2. The van der Waals surface area contributed by atoms with E-state index in [1.165, 1.54) is 6.07 Å². The predicted octanol–water partition coefficient (Wildman–Crippen LogP) is 3.80. The summed E-state index contributed by atoms with van der Waals surface area (Å²) in [6, 6.07) is 21.7. The number of hydrogen-bond donors (Lipinski definition) is 3. The van der Waals surface area contributed by atoms with Crippen LogP contribution in [-0.4, -0.2) is 31.1 Å². The molecule has 182 valence electrons. The number of amides is 1. The Hall–Kier alpha value is -3.49. The van der Waals surface area contributed by atoms with Crippen LogP contribution in [0.25, 0.3) is 11.1 Å². The maximum absolute atomic E-state index is 13.5. The largest absolute Gasteiger partial charge is 0.384 e. The Bertz CT molecular complexity index is 1330. The number of nitrogen functional groups attached to an aromatic ring is 1. The molecule has 1 fully saturated rings. The molecule has 0 spiro atoms. The van der Waals surface area contributed by atoms with E-state index in [1.807, 2.05) is 53.4 Å². The Labute approximate surface area is 206 Å². The molecule has 0 unspecified atom stereocenters. The molecule has 35 heavy (non-hydrogen) atoms. The van der Waals surface area contributed by atoms with Gasteiger partial charge >= 0.3 is 0 Å². The first-order valence-corrected chi connectivity index (χ1v) is 13.2. The first kappa shape index (κ1) is 24.6. The number of benzene rings is 3. The van der Waals surface area contributed by atoms with E-state index in [9.17, 15) is 13.2 Å². The van der Waals surface area contributed by atoms with Gasteiger partial charge in [-0.2, -0.15) is 0 Å². The van der Waals surface area contributed by atoms with Crippen LogP contribution < -0.4 is 10.9 Å². The minimum atomic E-state index is -3.99. The van der Waals surface area contributed by atoms with Gasteiger partial charge in [0.1, 0.15) is 5.84 Å². The van der Waals surface area contributed by atoms with Gasteiger partial charge in [0.15, 0.2) is 0 Å². The number of primary sulfonamides is 1. The Balaban J connectivity index is 1.62. The van der Waals surface area contributed by atoms with Crippen LogP contribution >= 0.6 is 0 Å². The number of sulfonamides is 1. The third-order valence-corrected chi connectivity index (χ3v) is 7.42. The molecule has 1 aliphatic rings. The number of hydrogen-bond acceptors (Lipinski definition) is 4. The highest BCUT2D eigenvalue weighted by Crippen LogP contribution is 2.29. The van der Waals surface area contributed by atoms with Crippen molar-refractivity contribution < 1.29 is 13.2 Å². The lowest BCUT2D eigenvalue weighted by atomic mass is 10.0. The first-order valence-electron chi connectivity index (χ1n) is 11.7. The summed E-state index contributed by atoms with van der Waals surface area (Å²) in [5.41, 5.74) is 9.02. The molecule has 1 aliphatic carbocycles. The summed E-state index contributed by atoms with van der Waals surface area (Å²) in [4.78, 5) is 15.4. The number of rotatable bonds is 8. The molecule has 0 saturated heterocycles. The maximum atomic E-state index is 13.5. The van der Waals surface area contributed by atoms with E-state index in [1.54, 1.807) is 18.2 Å². The second kappa shape index (κ2) is 10.4. The summed E-state index contributed by atoms with van der Waals surface area (Å²) in [6.45, 7) is 0.411. The highest BCUT2D eigenvalue weighted by molar-refractivity contribution is 7.89. The van der Waals surface area contributed by atoms with Crippen molar-refractivity contribution in [3.8, 4) is 11.1 Å². The third-order valence-electron chi connectivity index (χ3n) is 6.47. The fourth-order valence-corrected chi connectivity index (χ4v) is 5.52. The van der Waals surface area contributed by atoms with Crippen molar-refractivity contribution in [2.24, 2.45) is 10.9 Å². The molecule has 3 aromatic rings. The number of nitrogens with zero attached hydrogens (tertiary/aromatic N) is 1. The van der Waals surface area contributed by atoms with Crippen LogP contribution in [0.4, 0.5) is 0 Å². The van der Waals surface area contributed by atoms with Crippen LogP contribution in [0.3, 0.4) is 0 Å². The Morgan fingerprint density at radius 3 is 2.31 bits per heavy atom. The zero-order valence-corrected chi connectivity index (χ0v) is 20.3. The summed E-state index contributed by atoms with van der Waals surface area (Å²) in [5, 5.41) is 13.2. The van der Waals surface area contributed by atoms with E-state index in [0.717, 1.165) is 36.8 Å². The Morgan fingerprint density at radius 2 is 1.66 bits per heavy atom. The van der Waals surface area contributed by atoms with E-state index >= 15 is 0 Å². The quantitative estimate of drug-likeness (QED) is 0.327. The zero-order valence-electron chi connectivity index (χ0n) is 19.5. The highest BCUT2D eigenvalue weighted by atomic mass is 32.2. The van der Waals surface area contributed by atoms with Crippen LogP contribution in [0.1, 0.15) is 42.4 Å². The van der Waals surface area contributed by atoms with Crippen molar-refractivity contribution in [1.82, 2.24) is 4.90 Å². The molecule has 0 aliphatic heterocycles. The maximum Gasteiger partial charge on any atom is 0.238 e. The molecule has 1 amide bonds. The van der Waals surface area contributed by atoms with Crippen molar-refractivity contribution in [1.29, 1.82) is 5.41 Å². The molecule has 4 rings (SSSR count). The summed E-state index contributed by atoms with van der Waals surface area (Å²) in [6.07, 6.45) is 4.09. The lowest BCUT2D eigenvalue weighted by Crippen LogP contribution is -2.39. The van der Waals surface area contributed by atoms with Gasteiger partial charge in [0.05, 0.1) is 11.3 Å². The molecule has 1 saturated carbocycles. The molecule has 7 nitrogen and oxygen atoms in total. The number of carbonyl (C=O) groups excluding carboxylic acids is 1. The van der Waals surface area contributed by atoms with Gasteiger partial charge in [-0.25, -0.2) is 13.6 Å². The topological polar surface area (TPSA) is 130 Å². The molecule has 0 heterocycles. The second-order valence-corrected chi connectivity index (χ2v) is 10.5. The molecule has 0 atom stereocenters. The first-order chi connectivity index (χ1) is 16.7. The number of carbonyl (C=O) groups is 1. The minimum absolute atomic E-state index is 0.00979. The van der Waals surface area contributed by atoms with Gasteiger partial charge in [-0.1, -0.05) is 73.5 Å². The van der Waals surface area contributed by atoms with E-state index in [-0.39, 0.29) is 29.1 Å². The Kier molecular flexibility index (Phi) is 7.33. The fourth-order valence-electron chi connectivity index (χ4n) is 4.72. The Morgan fingerprint density at radius 1 is 0.943 bits per heavy atom. The molecule has 0 aromatic heterocycles. The van der Waals surface area contributed by atoms with Gasteiger partial charge in [-0.3, -0.25) is 10.2 Å². The number of nitrogens with one attached hydrogen (secondary N) is 1. The summed E-state index contributed by atoms with van der Waals surface area (Å²) >= 11 is 0. The normalized spacial score (nSPS) is 14.1. The van der Waals surface area contributed by atoms with E-state index in [2.05, 4.69) is 0 Å². The molecule has 0 bridgehead atoms. The molecule has 8 heteroatoms. The zero-order chi connectivity index (χ0) is 25.0. The smallest absolute Gasteiger partial charge is 0.238 e. The summed E-state index contributed by atoms with van der Waals surface area (Å²) in [7, 11) is -3.99. The van der Waals surface area contributed by atoms with Gasteiger partial charge in [0.25, 0.3) is 0 Å². The SMILES string of the molecule is N=C(N)c1cccc(CN(C(=O)Cc2ccc(-c3ccccc3)c(S(N)(=O)=O)c2)C2CCCC2)c1. The lowest BCUT2D eigenvalue weighted by Gasteiger charge is -2.29. The minimum Gasteiger partial charge on any atom is -0.384 e. The second-order valence-electron chi connectivity index (χ2n) is 8.99. The van der Waals surface area contributed by atoms with E-state index < -0.39 is 10.0 Å². The summed E-state index contributed by atoms with van der Waals surface area (Å²) < 4.78 is 24.8. The van der Waals surface area contributed by atoms with Crippen LogP contribution in [0.15, 0.2) is 77.7 Å². The molecular formula is C27H30N4O3S. The highest BCUT2D eigenvalue weighted by Gasteiger charge is 2.27. The lowest BCUT2D eigenvalue weighted by molar-refractivity contribution is -0.133. The van der Waals surface area contributed by atoms with Crippen LogP contribution in [-0.2, 0) is 27.8 Å². The van der Waals surface area contributed by atoms with E-state index in [4.69, 9.17) is 16.3 Å². The van der Waals surface area contributed by atoms with Crippen molar-refractivity contribution in [3.05, 3.63) is 89.5 Å². The predicted molar refractivity (Wildman–Crippen MR) is 137 cm³/mol. The average Bonchev–Trinajstić information content (AvgIpc) is 3.37. The monoisotopic (exact) mass is 490 g/mol. The van der Waals surface area contributed by atoms with Crippen molar-refractivity contribution in [3.63, 3.8) is 0 Å². The van der Waals surface area contributed by atoms with E-state index in [0.29, 0.717) is 23.2 Å². The van der Waals surface area contributed by atoms with Crippen molar-refractivity contribution >= 4 is 21.8 Å². The molecule has 5 N–H and O–H groups in total. The van der Waals surface area contributed by atoms with Gasteiger partial charge < -0.3 is 10.6 Å². The third kappa shape index (κ3) is 5.96. The molecule has 0 radical (unpaired) electrons.